The minimum Gasteiger partial charge on any atom is -0.316 e. The average Bonchev–Trinajstić information content (AvgIpc) is 2.49. The van der Waals surface area contributed by atoms with E-state index in [1.54, 1.807) is 0 Å². The van der Waals surface area contributed by atoms with Gasteiger partial charge in [-0.3, -0.25) is 0 Å². The first-order chi connectivity index (χ1) is 10.2. The predicted molar refractivity (Wildman–Crippen MR) is 87.5 cm³/mol. The van der Waals surface area contributed by atoms with E-state index < -0.39 is 0 Å². The summed E-state index contributed by atoms with van der Waals surface area (Å²) in [6.07, 6.45) is 2.02. The molecule has 0 saturated heterocycles. The summed E-state index contributed by atoms with van der Waals surface area (Å²) >= 11 is 5.93. The quantitative estimate of drug-likeness (QED) is 0.724. The third-order valence-corrected chi connectivity index (χ3v) is 3.81. The minimum atomic E-state index is -0.189. The molecule has 21 heavy (non-hydrogen) atoms. The molecule has 0 aromatic heterocycles. The zero-order valence-corrected chi connectivity index (χ0v) is 13.0. The van der Waals surface area contributed by atoms with E-state index in [1.807, 2.05) is 24.3 Å². The number of hydrogen-bond donors (Lipinski definition) is 1. The lowest BCUT2D eigenvalue weighted by Gasteiger charge is -2.18. The molecule has 0 saturated carbocycles. The van der Waals surface area contributed by atoms with Gasteiger partial charge in [0.05, 0.1) is 0 Å². The first-order valence-electron chi connectivity index (χ1n) is 7.39. The molecule has 1 atom stereocenters. The summed E-state index contributed by atoms with van der Waals surface area (Å²) in [5.74, 6) is 0.142. The van der Waals surface area contributed by atoms with Crippen molar-refractivity contribution in [2.75, 3.05) is 13.1 Å². The maximum atomic E-state index is 13.1. The Hall–Kier alpha value is -1.38. The molecule has 0 aliphatic rings. The topological polar surface area (TPSA) is 12.0 Å². The van der Waals surface area contributed by atoms with Crippen LogP contribution in [0.3, 0.4) is 0 Å². The van der Waals surface area contributed by atoms with Crippen molar-refractivity contribution in [3.05, 3.63) is 70.5 Å². The Morgan fingerprint density at radius 2 is 1.71 bits per heavy atom. The zero-order valence-electron chi connectivity index (χ0n) is 12.3. The summed E-state index contributed by atoms with van der Waals surface area (Å²) in [6.45, 7) is 4.04. The summed E-state index contributed by atoms with van der Waals surface area (Å²) in [5, 5.41) is 4.21. The molecule has 1 nitrogen and oxygen atoms in total. The summed E-state index contributed by atoms with van der Waals surface area (Å²) in [5.41, 5.74) is 2.40. The van der Waals surface area contributed by atoms with Crippen molar-refractivity contribution in [3.63, 3.8) is 0 Å². The summed E-state index contributed by atoms with van der Waals surface area (Å²) in [7, 11) is 0. The smallest absolute Gasteiger partial charge is 0.123 e. The maximum Gasteiger partial charge on any atom is 0.123 e. The molecule has 0 amide bonds. The lowest BCUT2D eigenvalue weighted by atomic mass is 9.92. The molecule has 0 heterocycles. The van der Waals surface area contributed by atoms with Crippen LogP contribution in [0.5, 0.6) is 0 Å². The highest BCUT2D eigenvalue weighted by molar-refractivity contribution is 6.30. The van der Waals surface area contributed by atoms with Crippen LogP contribution in [0, 0.1) is 5.82 Å². The molecule has 2 aromatic carbocycles. The molecule has 0 spiro atoms. The molecule has 0 bridgehead atoms. The van der Waals surface area contributed by atoms with Crippen molar-refractivity contribution in [2.45, 2.75) is 25.7 Å². The van der Waals surface area contributed by atoms with Crippen molar-refractivity contribution >= 4 is 11.6 Å². The van der Waals surface area contributed by atoms with Gasteiger partial charge in [-0.1, -0.05) is 42.8 Å². The van der Waals surface area contributed by atoms with Gasteiger partial charge in [0.25, 0.3) is 0 Å². The lowest BCUT2D eigenvalue weighted by Crippen LogP contribution is -2.23. The molecule has 112 valence electrons. The second-order valence-corrected chi connectivity index (χ2v) is 5.72. The van der Waals surface area contributed by atoms with Crippen molar-refractivity contribution in [2.24, 2.45) is 0 Å². The SMILES string of the molecule is CCCNCC(Cc1ccc(Cl)cc1)c1ccc(F)cc1. The van der Waals surface area contributed by atoms with Gasteiger partial charge in [-0.2, -0.15) is 0 Å². The van der Waals surface area contributed by atoms with E-state index in [4.69, 9.17) is 11.6 Å². The number of benzene rings is 2. The van der Waals surface area contributed by atoms with Crippen LogP contribution in [0.15, 0.2) is 48.5 Å². The van der Waals surface area contributed by atoms with E-state index in [0.29, 0.717) is 5.92 Å². The standard InChI is InChI=1S/C18H21ClFN/c1-2-11-21-13-16(15-5-9-18(20)10-6-15)12-14-3-7-17(19)8-4-14/h3-10,16,21H,2,11-13H2,1H3. The van der Waals surface area contributed by atoms with Crippen LogP contribution in [0.1, 0.15) is 30.4 Å². The molecule has 0 aliphatic carbocycles. The highest BCUT2D eigenvalue weighted by atomic mass is 35.5. The van der Waals surface area contributed by atoms with Crippen LogP contribution in [-0.4, -0.2) is 13.1 Å². The normalized spacial score (nSPS) is 12.3. The van der Waals surface area contributed by atoms with Crippen LogP contribution in [0.4, 0.5) is 4.39 Å². The largest absolute Gasteiger partial charge is 0.316 e. The molecule has 3 heteroatoms. The molecule has 0 radical (unpaired) electrons. The fourth-order valence-corrected chi connectivity index (χ4v) is 2.53. The van der Waals surface area contributed by atoms with Crippen molar-refractivity contribution in [1.82, 2.24) is 5.32 Å². The fourth-order valence-electron chi connectivity index (χ4n) is 2.40. The van der Waals surface area contributed by atoms with Crippen LogP contribution in [-0.2, 0) is 6.42 Å². The zero-order chi connectivity index (χ0) is 15.1. The Morgan fingerprint density at radius 1 is 1.05 bits per heavy atom. The van der Waals surface area contributed by atoms with Gasteiger partial charge >= 0.3 is 0 Å². The van der Waals surface area contributed by atoms with Crippen LogP contribution >= 0.6 is 11.6 Å². The summed E-state index contributed by atoms with van der Waals surface area (Å²) in [6, 6.07) is 14.8. The third-order valence-electron chi connectivity index (χ3n) is 3.55. The van der Waals surface area contributed by atoms with E-state index in [9.17, 15) is 4.39 Å². The first-order valence-corrected chi connectivity index (χ1v) is 7.77. The Balaban J connectivity index is 2.11. The molecule has 1 unspecified atom stereocenters. The van der Waals surface area contributed by atoms with E-state index >= 15 is 0 Å². The van der Waals surface area contributed by atoms with Gasteiger partial charge in [-0.15, -0.1) is 0 Å². The van der Waals surface area contributed by atoms with Gasteiger partial charge in [-0.25, -0.2) is 4.39 Å². The molecule has 2 aromatic rings. The van der Waals surface area contributed by atoms with Gasteiger partial charge in [-0.05, 0) is 54.8 Å². The number of rotatable bonds is 7. The second-order valence-electron chi connectivity index (χ2n) is 5.28. The van der Waals surface area contributed by atoms with E-state index in [2.05, 4.69) is 24.4 Å². The number of nitrogens with one attached hydrogen (secondary N) is 1. The van der Waals surface area contributed by atoms with Gasteiger partial charge in [0.1, 0.15) is 5.82 Å². The van der Waals surface area contributed by atoms with E-state index in [-0.39, 0.29) is 5.82 Å². The van der Waals surface area contributed by atoms with E-state index in [0.717, 1.165) is 36.5 Å². The first kappa shape index (κ1) is 16.0. The molecular formula is C18H21ClFN. The highest BCUT2D eigenvalue weighted by Gasteiger charge is 2.12. The maximum absolute atomic E-state index is 13.1. The van der Waals surface area contributed by atoms with Gasteiger partial charge in [0, 0.05) is 17.5 Å². The molecular weight excluding hydrogens is 285 g/mol. The number of halogens is 2. The van der Waals surface area contributed by atoms with Gasteiger partial charge in [0.2, 0.25) is 0 Å². The Bertz CT molecular complexity index is 536. The van der Waals surface area contributed by atoms with Crippen molar-refractivity contribution in [3.8, 4) is 0 Å². The second kappa shape index (κ2) is 8.16. The Labute approximate surface area is 131 Å². The highest BCUT2D eigenvalue weighted by Crippen LogP contribution is 2.22. The average molecular weight is 306 g/mol. The Kier molecular flexibility index (Phi) is 6.21. The van der Waals surface area contributed by atoms with Crippen LogP contribution in [0.2, 0.25) is 5.02 Å². The minimum absolute atomic E-state index is 0.189. The van der Waals surface area contributed by atoms with Gasteiger partial charge in [0.15, 0.2) is 0 Å². The fraction of sp³-hybridized carbons (Fsp3) is 0.333. The van der Waals surface area contributed by atoms with Crippen LogP contribution < -0.4 is 5.32 Å². The summed E-state index contributed by atoms with van der Waals surface area (Å²) < 4.78 is 13.1. The molecule has 1 N–H and O–H groups in total. The van der Waals surface area contributed by atoms with Gasteiger partial charge < -0.3 is 5.32 Å². The van der Waals surface area contributed by atoms with E-state index in [1.165, 1.54) is 17.7 Å². The molecule has 0 aliphatic heterocycles. The molecule has 0 fully saturated rings. The van der Waals surface area contributed by atoms with Crippen molar-refractivity contribution < 1.29 is 4.39 Å². The lowest BCUT2D eigenvalue weighted by molar-refractivity contribution is 0.574. The third kappa shape index (κ3) is 5.14. The monoisotopic (exact) mass is 305 g/mol. The predicted octanol–water partition coefficient (Wildman–Crippen LogP) is 4.81. The number of hydrogen-bond acceptors (Lipinski definition) is 1. The molecule has 2 rings (SSSR count). The Morgan fingerprint density at radius 3 is 2.33 bits per heavy atom. The summed E-state index contributed by atoms with van der Waals surface area (Å²) in [4.78, 5) is 0. The van der Waals surface area contributed by atoms with Crippen LogP contribution in [0.25, 0.3) is 0 Å². The van der Waals surface area contributed by atoms with Crippen molar-refractivity contribution in [1.29, 1.82) is 0 Å².